The van der Waals surface area contributed by atoms with Crippen LogP contribution in [0.2, 0.25) is 5.15 Å². The van der Waals surface area contributed by atoms with E-state index in [1.165, 1.54) is 11.1 Å². The molecule has 94 valence electrons. The van der Waals surface area contributed by atoms with Crippen LogP contribution in [-0.4, -0.2) is 33.7 Å². The summed E-state index contributed by atoms with van der Waals surface area (Å²) in [5.41, 5.74) is 0.510. The van der Waals surface area contributed by atoms with Crippen molar-refractivity contribution in [3.63, 3.8) is 0 Å². The lowest BCUT2D eigenvalue weighted by atomic mass is 9.91. The predicted octanol–water partition coefficient (Wildman–Crippen LogP) is 2.19. The molecule has 4 nitrogen and oxygen atoms in total. The Bertz CT molecular complexity index is 419. The molecule has 17 heavy (non-hydrogen) atoms. The van der Waals surface area contributed by atoms with Gasteiger partial charge in [0.2, 0.25) is 0 Å². The number of carbonyl (C=O) groups is 1. The summed E-state index contributed by atoms with van der Waals surface area (Å²) in [6.45, 7) is 5.99. The molecule has 0 aromatic carbocycles. The molecule has 1 aliphatic rings. The summed E-state index contributed by atoms with van der Waals surface area (Å²) in [5, 5.41) is 4.42. The van der Waals surface area contributed by atoms with E-state index >= 15 is 0 Å². The topological polar surface area (TPSA) is 38.1 Å². The minimum absolute atomic E-state index is 0.00139. The molecule has 5 heteroatoms. The van der Waals surface area contributed by atoms with Crippen LogP contribution in [0.15, 0.2) is 6.20 Å². The third-order valence-corrected chi connectivity index (χ3v) is 3.70. The van der Waals surface area contributed by atoms with Crippen LogP contribution < -0.4 is 0 Å². The van der Waals surface area contributed by atoms with Crippen molar-refractivity contribution >= 4 is 17.5 Å². The highest BCUT2D eigenvalue weighted by molar-refractivity contribution is 6.32. The minimum atomic E-state index is 0.00139. The lowest BCUT2D eigenvalue weighted by Crippen LogP contribution is -2.42. The van der Waals surface area contributed by atoms with Crippen LogP contribution in [0.4, 0.5) is 0 Å². The fourth-order valence-electron chi connectivity index (χ4n) is 2.57. The van der Waals surface area contributed by atoms with Crippen LogP contribution in [0.3, 0.4) is 0 Å². The summed E-state index contributed by atoms with van der Waals surface area (Å²) in [6, 6.07) is 0. The summed E-state index contributed by atoms with van der Waals surface area (Å²) in [7, 11) is 1.74. The van der Waals surface area contributed by atoms with Crippen molar-refractivity contribution in [3.8, 4) is 0 Å². The van der Waals surface area contributed by atoms with Gasteiger partial charge in [-0.05, 0) is 18.3 Å². The van der Waals surface area contributed by atoms with Crippen LogP contribution in [0, 0.1) is 11.8 Å². The molecule has 0 saturated carbocycles. The standard InChI is InChI=1S/C12H18ClN3O/c1-8-4-9(2)7-16(6-8)12(17)10-5-14-15(3)11(10)13/h5,8-9H,4,6-7H2,1-3H3/t8-,9-/m0/s1. The number of halogens is 1. The van der Waals surface area contributed by atoms with Gasteiger partial charge < -0.3 is 4.90 Å². The van der Waals surface area contributed by atoms with Gasteiger partial charge in [0.05, 0.1) is 11.8 Å². The van der Waals surface area contributed by atoms with E-state index in [2.05, 4.69) is 18.9 Å². The maximum absolute atomic E-state index is 12.3. The summed E-state index contributed by atoms with van der Waals surface area (Å²) in [6.07, 6.45) is 2.74. The molecule has 1 aromatic rings. The molecular formula is C12H18ClN3O. The lowest BCUT2D eigenvalue weighted by molar-refractivity contribution is 0.0623. The Hall–Kier alpha value is -1.03. The molecule has 0 aliphatic carbocycles. The zero-order chi connectivity index (χ0) is 12.6. The van der Waals surface area contributed by atoms with Gasteiger partial charge in [-0.25, -0.2) is 0 Å². The average Bonchev–Trinajstić information content (AvgIpc) is 2.57. The van der Waals surface area contributed by atoms with E-state index in [0.29, 0.717) is 22.6 Å². The van der Waals surface area contributed by atoms with Crippen molar-refractivity contribution in [1.29, 1.82) is 0 Å². The van der Waals surface area contributed by atoms with Crippen LogP contribution in [0.1, 0.15) is 30.6 Å². The second-order valence-electron chi connectivity index (χ2n) is 5.13. The first-order chi connectivity index (χ1) is 7.99. The molecule has 1 amide bonds. The molecule has 0 bridgehead atoms. The van der Waals surface area contributed by atoms with Gasteiger partial charge in [0.15, 0.2) is 0 Å². The summed E-state index contributed by atoms with van der Waals surface area (Å²) < 4.78 is 1.52. The Morgan fingerprint density at radius 2 is 2.00 bits per heavy atom. The number of amides is 1. The molecule has 0 N–H and O–H groups in total. The SMILES string of the molecule is C[C@H]1C[C@H](C)CN(C(=O)c2cnn(C)c2Cl)C1. The van der Waals surface area contributed by atoms with Gasteiger partial charge in [-0.15, -0.1) is 0 Å². The Kier molecular flexibility index (Phi) is 3.43. The highest BCUT2D eigenvalue weighted by atomic mass is 35.5. The van der Waals surface area contributed by atoms with E-state index in [1.54, 1.807) is 13.2 Å². The van der Waals surface area contributed by atoms with Crippen molar-refractivity contribution in [2.75, 3.05) is 13.1 Å². The zero-order valence-corrected chi connectivity index (χ0v) is 11.2. The normalized spacial score (nSPS) is 25.1. The van der Waals surface area contributed by atoms with E-state index in [-0.39, 0.29) is 5.91 Å². The molecule has 1 fully saturated rings. The molecule has 2 heterocycles. The molecule has 1 aromatic heterocycles. The number of hydrogen-bond acceptors (Lipinski definition) is 2. The van der Waals surface area contributed by atoms with Gasteiger partial charge >= 0.3 is 0 Å². The molecule has 0 spiro atoms. The van der Waals surface area contributed by atoms with E-state index < -0.39 is 0 Å². The largest absolute Gasteiger partial charge is 0.338 e. The maximum atomic E-state index is 12.3. The van der Waals surface area contributed by atoms with Crippen molar-refractivity contribution < 1.29 is 4.79 Å². The number of carbonyl (C=O) groups excluding carboxylic acids is 1. The highest BCUT2D eigenvalue weighted by Gasteiger charge is 2.28. The molecule has 2 atom stereocenters. The van der Waals surface area contributed by atoms with Gasteiger partial charge in [-0.1, -0.05) is 25.4 Å². The predicted molar refractivity (Wildman–Crippen MR) is 67.1 cm³/mol. The Balaban J connectivity index is 2.17. The van der Waals surface area contributed by atoms with Crippen LogP contribution in [0.5, 0.6) is 0 Å². The van der Waals surface area contributed by atoms with Crippen LogP contribution >= 0.6 is 11.6 Å². The van der Waals surface area contributed by atoms with Crippen LogP contribution in [0.25, 0.3) is 0 Å². The summed E-state index contributed by atoms with van der Waals surface area (Å²) in [5.74, 6) is 1.11. The molecule has 1 aliphatic heterocycles. The van der Waals surface area contributed by atoms with E-state index in [4.69, 9.17) is 11.6 Å². The van der Waals surface area contributed by atoms with Crippen molar-refractivity contribution in [2.45, 2.75) is 20.3 Å². The number of aromatic nitrogens is 2. The fraction of sp³-hybridized carbons (Fsp3) is 0.667. The number of aryl methyl sites for hydroxylation is 1. The van der Waals surface area contributed by atoms with Crippen LogP contribution in [-0.2, 0) is 7.05 Å². The first-order valence-corrected chi connectivity index (χ1v) is 6.33. The first kappa shape index (κ1) is 12.4. The first-order valence-electron chi connectivity index (χ1n) is 5.95. The number of nitrogens with zero attached hydrogens (tertiary/aromatic N) is 3. The molecule has 1 saturated heterocycles. The molecule has 0 radical (unpaired) electrons. The van der Waals surface area contributed by atoms with Crippen molar-refractivity contribution in [2.24, 2.45) is 18.9 Å². The van der Waals surface area contributed by atoms with Crippen molar-refractivity contribution in [1.82, 2.24) is 14.7 Å². The highest BCUT2D eigenvalue weighted by Crippen LogP contribution is 2.24. The van der Waals surface area contributed by atoms with Gasteiger partial charge in [-0.2, -0.15) is 5.10 Å². The smallest absolute Gasteiger partial charge is 0.258 e. The third-order valence-electron chi connectivity index (χ3n) is 3.25. The van der Waals surface area contributed by atoms with E-state index in [1.807, 2.05) is 4.90 Å². The second-order valence-corrected chi connectivity index (χ2v) is 5.49. The Morgan fingerprint density at radius 3 is 2.47 bits per heavy atom. The zero-order valence-electron chi connectivity index (χ0n) is 10.5. The number of likely N-dealkylation sites (tertiary alicyclic amines) is 1. The van der Waals surface area contributed by atoms with Gasteiger partial charge in [0, 0.05) is 20.1 Å². The monoisotopic (exact) mass is 255 g/mol. The number of piperidine rings is 1. The number of hydrogen-bond donors (Lipinski definition) is 0. The average molecular weight is 256 g/mol. The van der Waals surface area contributed by atoms with Crippen molar-refractivity contribution in [3.05, 3.63) is 16.9 Å². The maximum Gasteiger partial charge on any atom is 0.258 e. The third kappa shape index (κ3) is 2.46. The Morgan fingerprint density at radius 1 is 1.41 bits per heavy atom. The van der Waals surface area contributed by atoms with E-state index in [9.17, 15) is 4.79 Å². The van der Waals surface area contributed by atoms with Gasteiger partial charge in [0.1, 0.15) is 5.15 Å². The van der Waals surface area contributed by atoms with E-state index in [0.717, 1.165) is 13.1 Å². The second kappa shape index (κ2) is 4.69. The minimum Gasteiger partial charge on any atom is -0.338 e. The number of rotatable bonds is 1. The summed E-state index contributed by atoms with van der Waals surface area (Å²) in [4.78, 5) is 14.2. The fourth-order valence-corrected chi connectivity index (χ4v) is 2.74. The summed E-state index contributed by atoms with van der Waals surface area (Å²) >= 11 is 6.05. The Labute approximate surface area is 107 Å². The van der Waals surface area contributed by atoms with Gasteiger partial charge in [0.25, 0.3) is 5.91 Å². The lowest BCUT2D eigenvalue weighted by Gasteiger charge is -2.34. The van der Waals surface area contributed by atoms with Gasteiger partial charge in [-0.3, -0.25) is 9.48 Å². The molecular weight excluding hydrogens is 238 g/mol. The quantitative estimate of drug-likeness (QED) is 0.772. The molecule has 2 rings (SSSR count). The molecule has 0 unspecified atom stereocenters.